The maximum Gasteiger partial charge on any atom is 0.173 e. The third-order valence-corrected chi connectivity index (χ3v) is 3.62. The molecule has 0 aromatic heterocycles. The lowest BCUT2D eigenvalue weighted by Crippen LogP contribution is -2.23. The molecular formula is C15H12O3. The second-order valence-corrected chi connectivity index (χ2v) is 4.68. The molecule has 2 unspecified atom stereocenters. The quantitative estimate of drug-likeness (QED) is 0.665. The highest BCUT2D eigenvalue weighted by molar-refractivity contribution is 5.61. The van der Waals surface area contributed by atoms with E-state index in [1.54, 1.807) is 0 Å². The maximum atomic E-state index is 10.5. The van der Waals surface area contributed by atoms with Gasteiger partial charge >= 0.3 is 0 Å². The van der Waals surface area contributed by atoms with Gasteiger partial charge in [0.15, 0.2) is 11.5 Å². The summed E-state index contributed by atoms with van der Waals surface area (Å²) in [6.07, 6.45) is -0.536. The first-order valence-electron chi connectivity index (χ1n) is 6.05. The number of para-hydroxylation sites is 2. The van der Waals surface area contributed by atoms with Gasteiger partial charge in [-0.25, -0.2) is 0 Å². The lowest BCUT2D eigenvalue weighted by Gasteiger charge is -2.30. The van der Waals surface area contributed by atoms with Crippen molar-refractivity contribution in [3.8, 4) is 17.2 Å². The molecule has 3 heteroatoms. The summed E-state index contributed by atoms with van der Waals surface area (Å²) in [5.74, 6) is 2.54. The van der Waals surface area contributed by atoms with Gasteiger partial charge in [-0.3, -0.25) is 0 Å². The van der Waals surface area contributed by atoms with Gasteiger partial charge in [0.25, 0.3) is 0 Å². The van der Waals surface area contributed by atoms with E-state index < -0.39 is 6.10 Å². The zero-order chi connectivity index (χ0) is 12.1. The smallest absolute Gasteiger partial charge is 0.173 e. The van der Waals surface area contributed by atoms with Crippen molar-refractivity contribution >= 4 is 0 Å². The molecule has 4 rings (SSSR count). The molecule has 0 saturated carbocycles. The first-order valence-corrected chi connectivity index (χ1v) is 6.05. The molecule has 2 aromatic rings. The minimum atomic E-state index is -0.536. The minimum Gasteiger partial charge on any atom is -0.492 e. The predicted octanol–water partition coefficient (Wildman–Crippen LogP) is 3.00. The number of aliphatic hydroxyl groups excluding tert-OH is 1. The van der Waals surface area contributed by atoms with Crippen LogP contribution in [0.15, 0.2) is 42.5 Å². The van der Waals surface area contributed by atoms with Crippen LogP contribution in [0.5, 0.6) is 17.2 Å². The number of ether oxygens (including phenoxy) is 2. The molecule has 2 aliphatic rings. The van der Waals surface area contributed by atoms with Gasteiger partial charge in [-0.1, -0.05) is 30.3 Å². The van der Waals surface area contributed by atoms with Crippen LogP contribution in [0.4, 0.5) is 0 Å². The molecule has 2 aliphatic heterocycles. The van der Waals surface area contributed by atoms with Gasteiger partial charge in [-0.2, -0.15) is 0 Å². The van der Waals surface area contributed by atoms with E-state index in [1.807, 2.05) is 42.5 Å². The SMILES string of the molecule is OC1c2ccccc2OCC1c1cccc2c1O2. The topological polar surface area (TPSA) is 42.0 Å². The summed E-state index contributed by atoms with van der Waals surface area (Å²) in [6.45, 7) is 0.484. The molecule has 0 aliphatic carbocycles. The Hall–Kier alpha value is -2.00. The first-order chi connectivity index (χ1) is 8.84. The molecule has 2 aromatic carbocycles. The van der Waals surface area contributed by atoms with Gasteiger partial charge < -0.3 is 14.6 Å². The molecule has 2 atom stereocenters. The highest BCUT2D eigenvalue weighted by Crippen LogP contribution is 2.53. The Morgan fingerprint density at radius 3 is 2.67 bits per heavy atom. The second-order valence-electron chi connectivity index (χ2n) is 4.68. The van der Waals surface area contributed by atoms with E-state index in [9.17, 15) is 5.11 Å². The Morgan fingerprint density at radius 2 is 1.72 bits per heavy atom. The summed E-state index contributed by atoms with van der Waals surface area (Å²) in [4.78, 5) is 0. The maximum absolute atomic E-state index is 10.5. The van der Waals surface area contributed by atoms with Gasteiger partial charge in [0.05, 0.1) is 18.6 Å². The zero-order valence-corrected chi connectivity index (χ0v) is 9.67. The fourth-order valence-corrected chi connectivity index (χ4v) is 2.61. The molecule has 0 amide bonds. The van der Waals surface area contributed by atoms with Crippen LogP contribution in [0, 0.1) is 0 Å². The van der Waals surface area contributed by atoms with E-state index in [4.69, 9.17) is 9.47 Å². The van der Waals surface area contributed by atoms with Crippen LogP contribution in [-0.4, -0.2) is 11.7 Å². The van der Waals surface area contributed by atoms with Crippen molar-refractivity contribution in [1.82, 2.24) is 0 Å². The highest BCUT2D eigenvalue weighted by atomic mass is 16.6. The summed E-state index contributed by atoms with van der Waals surface area (Å²) >= 11 is 0. The molecule has 90 valence electrons. The number of hydrogen-bond donors (Lipinski definition) is 1. The van der Waals surface area contributed by atoms with Crippen LogP contribution in [0.3, 0.4) is 0 Å². The Bertz CT molecular complexity index is 621. The Labute approximate surface area is 105 Å². The third kappa shape index (κ3) is 1.34. The lowest BCUT2D eigenvalue weighted by atomic mass is 9.87. The van der Waals surface area contributed by atoms with Crippen molar-refractivity contribution < 1.29 is 14.6 Å². The number of rotatable bonds is 1. The van der Waals surface area contributed by atoms with Gasteiger partial charge in [0.1, 0.15) is 5.75 Å². The van der Waals surface area contributed by atoms with Gasteiger partial charge in [0.2, 0.25) is 0 Å². The summed E-state index contributed by atoms with van der Waals surface area (Å²) in [5, 5.41) is 10.5. The first kappa shape index (κ1) is 9.97. The average molecular weight is 240 g/mol. The molecule has 0 saturated heterocycles. The Balaban J connectivity index is 1.76. The summed E-state index contributed by atoms with van der Waals surface area (Å²) in [7, 11) is 0. The summed E-state index contributed by atoms with van der Waals surface area (Å²) in [5.41, 5.74) is 1.89. The molecule has 0 fully saturated rings. The monoisotopic (exact) mass is 240 g/mol. The highest BCUT2D eigenvalue weighted by Gasteiger charge is 2.36. The van der Waals surface area contributed by atoms with Crippen molar-refractivity contribution in [1.29, 1.82) is 0 Å². The van der Waals surface area contributed by atoms with E-state index in [1.165, 1.54) is 0 Å². The second kappa shape index (κ2) is 3.50. The van der Waals surface area contributed by atoms with E-state index in [0.717, 1.165) is 28.4 Å². The molecule has 18 heavy (non-hydrogen) atoms. The van der Waals surface area contributed by atoms with Crippen molar-refractivity contribution in [2.24, 2.45) is 0 Å². The fourth-order valence-electron chi connectivity index (χ4n) is 2.61. The van der Waals surface area contributed by atoms with E-state index in [-0.39, 0.29) is 5.92 Å². The van der Waals surface area contributed by atoms with Crippen molar-refractivity contribution in [2.45, 2.75) is 12.0 Å². The number of benzene rings is 2. The van der Waals surface area contributed by atoms with E-state index >= 15 is 0 Å². The number of hydrogen-bond acceptors (Lipinski definition) is 3. The third-order valence-electron chi connectivity index (χ3n) is 3.62. The van der Waals surface area contributed by atoms with Crippen LogP contribution < -0.4 is 9.47 Å². The minimum absolute atomic E-state index is 0.0580. The van der Waals surface area contributed by atoms with Crippen LogP contribution in [0.2, 0.25) is 0 Å². The van der Waals surface area contributed by atoms with Gasteiger partial charge in [-0.05, 0) is 12.1 Å². The van der Waals surface area contributed by atoms with E-state index in [2.05, 4.69) is 0 Å². The summed E-state index contributed by atoms with van der Waals surface area (Å²) in [6, 6.07) is 13.5. The van der Waals surface area contributed by atoms with Crippen molar-refractivity contribution in [2.75, 3.05) is 6.61 Å². The predicted molar refractivity (Wildman–Crippen MR) is 66.2 cm³/mol. The van der Waals surface area contributed by atoms with Crippen molar-refractivity contribution in [3.05, 3.63) is 53.6 Å². The average Bonchev–Trinajstić information content (AvgIpc) is 3.19. The number of fused-ring (bicyclic) bond motifs is 2. The molecule has 0 spiro atoms. The van der Waals surface area contributed by atoms with Gasteiger partial charge in [0, 0.05) is 11.1 Å². The van der Waals surface area contributed by atoms with E-state index in [0.29, 0.717) is 6.61 Å². The van der Waals surface area contributed by atoms with Crippen LogP contribution in [-0.2, 0) is 0 Å². The fraction of sp³-hybridized carbons (Fsp3) is 0.200. The van der Waals surface area contributed by atoms with Gasteiger partial charge in [-0.15, -0.1) is 0 Å². The lowest BCUT2D eigenvalue weighted by molar-refractivity contribution is 0.0888. The molecule has 1 N–H and O–H groups in total. The number of aliphatic hydroxyl groups is 1. The van der Waals surface area contributed by atoms with Crippen LogP contribution >= 0.6 is 0 Å². The molecule has 0 radical (unpaired) electrons. The van der Waals surface area contributed by atoms with Crippen LogP contribution in [0.25, 0.3) is 0 Å². The van der Waals surface area contributed by atoms with Crippen LogP contribution in [0.1, 0.15) is 23.1 Å². The summed E-state index contributed by atoms with van der Waals surface area (Å²) < 4.78 is 11.1. The molecular weight excluding hydrogens is 228 g/mol. The molecule has 3 nitrogen and oxygen atoms in total. The largest absolute Gasteiger partial charge is 0.492 e. The standard InChI is InChI=1S/C15H12O3/c16-14-10-4-1-2-6-12(10)17-8-11(14)9-5-3-7-13-15(9)18-13/h1-7,11,14,16H,8H2. The molecule has 0 bridgehead atoms. The normalized spacial score (nSPS) is 23.4. The Morgan fingerprint density at radius 1 is 0.944 bits per heavy atom. The zero-order valence-electron chi connectivity index (χ0n) is 9.67. The Kier molecular flexibility index (Phi) is 1.94. The molecule has 2 heterocycles. The van der Waals surface area contributed by atoms with Crippen molar-refractivity contribution in [3.63, 3.8) is 0 Å².